The van der Waals surface area contributed by atoms with Crippen molar-refractivity contribution in [2.24, 2.45) is 5.92 Å². The Kier molecular flexibility index (Phi) is 15.2. The Balaban J connectivity index is 1.47. The van der Waals surface area contributed by atoms with Gasteiger partial charge in [0.2, 0.25) is 5.91 Å². The van der Waals surface area contributed by atoms with Crippen LogP contribution in [0.4, 0.5) is 4.79 Å². The van der Waals surface area contributed by atoms with Gasteiger partial charge >= 0.3 is 6.09 Å². The molecule has 1 fully saturated rings. The molecule has 1 aromatic rings. The lowest BCUT2D eigenvalue weighted by atomic mass is 9.95. The number of carboxylic acid groups (broad SMARTS) is 1. The molecule has 6 nitrogen and oxygen atoms in total. The van der Waals surface area contributed by atoms with Crippen LogP contribution >= 0.6 is 0 Å². The van der Waals surface area contributed by atoms with Gasteiger partial charge in [-0.25, -0.2) is 4.79 Å². The first-order chi connectivity index (χ1) is 17.0. The first kappa shape index (κ1) is 29.2. The molecule has 1 aliphatic rings. The molecule has 2 amide bonds. The molecule has 1 aliphatic heterocycles. The third-order valence-electron chi connectivity index (χ3n) is 7.34. The summed E-state index contributed by atoms with van der Waals surface area (Å²) >= 11 is 0. The molecule has 1 heterocycles. The molecule has 1 saturated heterocycles. The Hall–Kier alpha value is -2.08. The molecule has 0 saturated carbocycles. The zero-order valence-corrected chi connectivity index (χ0v) is 22.1. The van der Waals surface area contributed by atoms with Crippen LogP contribution in [0.2, 0.25) is 0 Å². The van der Waals surface area contributed by atoms with Gasteiger partial charge in [-0.2, -0.15) is 0 Å². The van der Waals surface area contributed by atoms with Crippen LogP contribution in [0.1, 0.15) is 89.0 Å². The van der Waals surface area contributed by atoms with Crippen molar-refractivity contribution in [1.29, 1.82) is 0 Å². The Morgan fingerprint density at radius 3 is 2.00 bits per heavy atom. The fourth-order valence-corrected chi connectivity index (χ4v) is 4.94. The summed E-state index contributed by atoms with van der Waals surface area (Å²) < 4.78 is 0. The first-order valence-electron chi connectivity index (χ1n) is 14.0. The maximum atomic E-state index is 12.5. The highest BCUT2D eigenvalue weighted by molar-refractivity contribution is 5.76. The second-order valence-electron chi connectivity index (χ2n) is 10.3. The molecule has 198 valence electrons. The highest BCUT2D eigenvalue weighted by Gasteiger charge is 2.20. The highest BCUT2D eigenvalue weighted by atomic mass is 16.4. The number of benzene rings is 1. The van der Waals surface area contributed by atoms with E-state index in [2.05, 4.69) is 47.6 Å². The van der Waals surface area contributed by atoms with Crippen LogP contribution in [0, 0.1) is 5.92 Å². The predicted octanol–water partition coefficient (Wildman–Crippen LogP) is 5.96. The van der Waals surface area contributed by atoms with Crippen molar-refractivity contribution >= 4 is 12.0 Å². The van der Waals surface area contributed by atoms with Crippen molar-refractivity contribution < 1.29 is 14.7 Å². The van der Waals surface area contributed by atoms with Crippen molar-refractivity contribution in [3.63, 3.8) is 0 Å². The van der Waals surface area contributed by atoms with E-state index in [4.69, 9.17) is 5.11 Å². The number of amides is 2. The zero-order valence-electron chi connectivity index (χ0n) is 22.1. The lowest BCUT2D eigenvalue weighted by Gasteiger charge is -2.32. The van der Waals surface area contributed by atoms with Crippen molar-refractivity contribution in [3.05, 3.63) is 35.9 Å². The number of likely N-dealkylation sites (N-methyl/N-ethyl adjacent to an activating group) is 1. The SMILES string of the molecule is CN1CCN(C(=O)CCC(CCCCCCCCCCCCc2ccccc2)CNC(=O)O)CC1. The van der Waals surface area contributed by atoms with E-state index in [9.17, 15) is 9.59 Å². The molecule has 0 bridgehead atoms. The minimum absolute atomic E-state index is 0.221. The molecule has 0 radical (unpaired) electrons. The number of hydrogen-bond acceptors (Lipinski definition) is 3. The molecule has 35 heavy (non-hydrogen) atoms. The molecule has 0 aromatic heterocycles. The molecule has 6 heteroatoms. The number of nitrogens with zero attached hydrogens (tertiary/aromatic N) is 2. The number of nitrogens with one attached hydrogen (secondary N) is 1. The normalized spacial score (nSPS) is 15.2. The second-order valence-corrected chi connectivity index (χ2v) is 10.3. The number of unbranched alkanes of at least 4 members (excludes halogenated alkanes) is 9. The fraction of sp³-hybridized carbons (Fsp3) is 0.724. The van der Waals surface area contributed by atoms with Crippen LogP contribution in [-0.4, -0.2) is 66.7 Å². The molecular formula is C29H49N3O3. The van der Waals surface area contributed by atoms with E-state index in [-0.39, 0.29) is 11.8 Å². The molecule has 1 atom stereocenters. The van der Waals surface area contributed by atoms with Crippen molar-refractivity contribution in [3.8, 4) is 0 Å². The molecule has 2 rings (SSSR count). The zero-order chi connectivity index (χ0) is 25.1. The van der Waals surface area contributed by atoms with Gasteiger partial charge in [0.15, 0.2) is 0 Å². The van der Waals surface area contributed by atoms with E-state index < -0.39 is 6.09 Å². The maximum absolute atomic E-state index is 12.5. The van der Waals surface area contributed by atoms with Gasteiger partial charge in [0.25, 0.3) is 0 Å². The van der Waals surface area contributed by atoms with Crippen LogP contribution in [0.15, 0.2) is 30.3 Å². The van der Waals surface area contributed by atoms with Gasteiger partial charge in [-0.1, -0.05) is 88.1 Å². The van der Waals surface area contributed by atoms with Crippen molar-refractivity contribution in [2.45, 2.75) is 89.9 Å². The number of rotatable bonds is 18. The molecular weight excluding hydrogens is 438 g/mol. The van der Waals surface area contributed by atoms with Crippen LogP contribution in [0.25, 0.3) is 0 Å². The second kappa shape index (κ2) is 18.2. The molecule has 1 aromatic carbocycles. The minimum atomic E-state index is -0.972. The Morgan fingerprint density at radius 1 is 0.829 bits per heavy atom. The van der Waals surface area contributed by atoms with E-state index in [1.165, 1.54) is 69.8 Å². The molecule has 0 aliphatic carbocycles. The largest absolute Gasteiger partial charge is 0.465 e. The van der Waals surface area contributed by atoms with Gasteiger partial charge in [0.05, 0.1) is 0 Å². The standard InChI is InChI=1S/C29H49N3O3/c1-31-21-23-32(24-22-31)28(33)20-19-27(25-30-29(34)35)18-12-9-7-5-3-2-4-6-8-11-15-26-16-13-10-14-17-26/h10,13-14,16-17,27,30H,2-9,11-12,15,18-25H2,1H3,(H,34,35). The lowest BCUT2D eigenvalue weighted by molar-refractivity contribution is -0.133. The Morgan fingerprint density at radius 2 is 1.40 bits per heavy atom. The van der Waals surface area contributed by atoms with Gasteiger partial charge < -0.3 is 20.2 Å². The summed E-state index contributed by atoms with van der Waals surface area (Å²) in [6.07, 6.45) is 15.4. The summed E-state index contributed by atoms with van der Waals surface area (Å²) in [4.78, 5) is 27.7. The van der Waals surface area contributed by atoms with Crippen LogP contribution in [-0.2, 0) is 11.2 Å². The van der Waals surface area contributed by atoms with Gasteiger partial charge in [-0.05, 0) is 44.2 Å². The van der Waals surface area contributed by atoms with E-state index in [0.717, 1.165) is 45.4 Å². The summed E-state index contributed by atoms with van der Waals surface area (Å²) in [5.74, 6) is 0.469. The van der Waals surface area contributed by atoms with Crippen LogP contribution < -0.4 is 5.32 Å². The average molecular weight is 488 g/mol. The topological polar surface area (TPSA) is 72.9 Å². The summed E-state index contributed by atoms with van der Waals surface area (Å²) in [6.45, 7) is 3.94. The van der Waals surface area contributed by atoms with Gasteiger partial charge in [-0.15, -0.1) is 0 Å². The number of carbonyl (C=O) groups is 2. The predicted molar refractivity (Wildman–Crippen MR) is 144 cm³/mol. The van der Waals surface area contributed by atoms with Gasteiger partial charge in [0, 0.05) is 39.1 Å². The summed E-state index contributed by atoms with van der Waals surface area (Å²) in [6, 6.07) is 10.8. The van der Waals surface area contributed by atoms with Crippen LogP contribution in [0.3, 0.4) is 0 Å². The number of aryl methyl sites for hydroxylation is 1. The highest BCUT2D eigenvalue weighted by Crippen LogP contribution is 2.18. The van der Waals surface area contributed by atoms with Crippen molar-refractivity contribution in [1.82, 2.24) is 15.1 Å². The van der Waals surface area contributed by atoms with E-state index in [1.807, 2.05) is 4.90 Å². The molecule has 1 unspecified atom stereocenters. The van der Waals surface area contributed by atoms with E-state index in [1.54, 1.807) is 0 Å². The number of piperazine rings is 1. The smallest absolute Gasteiger partial charge is 0.404 e. The molecule has 2 N–H and O–H groups in total. The molecule has 0 spiro atoms. The number of hydrogen-bond donors (Lipinski definition) is 2. The summed E-state index contributed by atoms with van der Waals surface area (Å²) in [5.41, 5.74) is 1.45. The Bertz CT molecular complexity index is 690. The average Bonchev–Trinajstić information content (AvgIpc) is 2.86. The van der Waals surface area contributed by atoms with E-state index in [0.29, 0.717) is 13.0 Å². The van der Waals surface area contributed by atoms with Crippen molar-refractivity contribution in [2.75, 3.05) is 39.8 Å². The van der Waals surface area contributed by atoms with E-state index >= 15 is 0 Å². The quantitative estimate of drug-likeness (QED) is 0.251. The maximum Gasteiger partial charge on any atom is 0.404 e. The third kappa shape index (κ3) is 14.2. The summed E-state index contributed by atoms with van der Waals surface area (Å²) in [5, 5.41) is 11.5. The van der Waals surface area contributed by atoms with Crippen LogP contribution in [0.5, 0.6) is 0 Å². The first-order valence-corrected chi connectivity index (χ1v) is 14.0. The number of carbonyl (C=O) groups excluding carboxylic acids is 1. The fourth-order valence-electron chi connectivity index (χ4n) is 4.94. The Labute approximate surface area is 213 Å². The monoisotopic (exact) mass is 487 g/mol. The summed E-state index contributed by atoms with van der Waals surface area (Å²) in [7, 11) is 2.09. The third-order valence-corrected chi connectivity index (χ3v) is 7.34. The minimum Gasteiger partial charge on any atom is -0.465 e. The van der Waals surface area contributed by atoms with Gasteiger partial charge in [-0.3, -0.25) is 4.79 Å². The van der Waals surface area contributed by atoms with Gasteiger partial charge in [0.1, 0.15) is 0 Å². The lowest BCUT2D eigenvalue weighted by Crippen LogP contribution is -2.47.